The van der Waals surface area contributed by atoms with Gasteiger partial charge in [-0.25, -0.2) is 13.1 Å². The van der Waals surface area contributed by atoms with Crippen LogP contribution < -0.4 is 4.72 Å². The van der Waals surface area contributed by atoms with E-state index >= 15 is 0 Å². The van der Waals surface area contributed by atoms with Crippen molar-refractivity contribution in [3.63, 3.8) is 0 Å². The van der Waals surface area contributed by atoms with Crippen LogP contribution in [0, 0.1) is 6.92 Å². The number of hydrogen-bond acceptors (Lipinski definition) is 6. The monoisotopic (exact) mass is 472 g/mol. The van der Waals surface area contributed by atoms with Gasteiger partial charge in [0, 0.05) is 41.2 Å². The van der Waals surface area contributed by atoms with Gasteiger partial charge in [0.1, 0.15) is 0 Å². The number of pyridine rings is 1. The van der Waals surface area contributed by atoms with E-state index in [1.807, 2.05) is 56.3 Å². The Morgan fingerprint density at radius 3 is 2.53 bits per heavy atom. The molecule has 1 N–H and O–H groups in total. The number of benzene rings is 2. The van der Waals surface area contributed by atoms with Gasteiger partial charge in [-0.15, -0.1) is 10.2 Å². The fourth-order valence-corrected chi connectivity index (χ4v) is 5.25. The van der Waals surface area contributed by atoms with Crippen LogP contribution in [0.4, 0.5) is 0 Å². The minimum atomic E-state index is -3.76. The average molecular weight is 473 g/mol. The number of aromatic nitrogens is 5. The minimum absolute atomic E-state index is 0.127. The molecule has 0 amide bonds. The lowest BCUT2D eigenvalue weighted by Crippen LogP contribution is -2.24. The molecule has 0 bridgehead atoms. The Hall–Kier alpha value is -3.69. The van der Waals surface area contributed by atoms with Crippen molar-refractivity contribution >= 4 is 26.4 Å². The molecular weight excluding hydrogens is 448 g/mol. The van der Waals surface area contributed by atoms with Crippen LogP contribution in [0.15, 0.2) is 71.9 Å². The van der Waals surface area contributed by atoms with Crippen molar-refractivity contribution in [1.29, 1.82) is 0 Å². The lowest BCUT2D eigenvalue weighted by Gasteiger charge is -2.13. The largest absolute Gasteiger partial charge is 0.264 e. The van der Waals surface area contributed by atoms with Crippen molar-refractivity contribution in [3.05, 3.63) is 83.9 Å². The standard InChI is InChI=1S/C25H24N6O2S/c1-16(2)24-28-29-25-21-9-5-4-8-20(21)23(30-31(24)25)19-11-10-17(3)22(13-19)34(32,33)27-15-18-7-6-12-26-14-18/h4-14,16,27H,15H2,1-3H3. The van der Waals surface area contributed by atoms with Crippen LogP contribution in [-0.2, 0) is 16.6 Å². The fourth-order valence-electron chi connectivity index (χ4n) is 3.97. The molecule has 0 fully saturated rings. The first-order valence-corrected chi connectivity index (χ1v) is 12.5. The van der Waals surface area contributed by atoms with E-state index in [4.69, 9.17) is 5.10 Å². The number of rotatable bonds is 6. The molecule has 0 saturated carbocycles. The molecular formula is C25H24N6O2S. The average Bonchev–Trinajstić information content (AvgIpc) is 3.28. The smallest absolute Gasteiger partial charge is 0.241 e. The van der Waals surface area contributed by atoms with Gasteiger partial charge in [-0.1, -0.05) is 56.3 Å². The van der Waals surface area contributed by atoms with Crippen molar-refractivity contribution in [1.82, 2.24) is 29.5 Å². The maximum atomic E-state index is 13.2. The van der Waals surface area contributed by atoms with Gasteiger partial charge in [0.25, 0.3) is 0 Å². The van der Waals surface area contributed by atoms with Crippen molar-refractivity contribution in [2.75, 3.05) is 0 Å². The van der Waals surface area contributed by atoms with Gasteiger partial charge < -0.3 is 0 Å². The Balaban J connectivity index is 1.64. The number of nitrogens with zero attached hydrogens (tertiary/aromatic N) is 5. The SMILES string of the molecule is Cc1ccc(-c2nn3c(C(C)C)nnc3c3ccccc23)cc1S(=O)(=O)NCc1cccnc1. The number of nitrogens with one attached hydrogen (secondary N) is 1. The van der Waals surface area contributed by atoms with Crippen LogP contribution in [0.3, 0.4) is 0 Å². The molecule has 0 aliphatic rings. The molecule has 9 heteroatoms. The molecule has 34 heavy (non-hydrogen) atoms. The molecule has 0 unspecified atom stereocenters. The van der Waals surface area contributed by atoms with Crippen LogP contribution in [0.5, 0.6) is 0 Å². The van der Waals surface area contributed by atoms with Crippen LogP contribution in [-0.4, -0.2) is 33.2 Å². The van der Waals surface area contributed by atoms with E-state index < -0.39 is 10.0 Å². The predicted octanol–water partition coefficient (Wildman–Crippen LogP) is 4.25. The van der Waals surface area contributed by atoms with Crippen LogP contribution in [0.1, 0.15) is 36.7 Å². The first-order chi connectivity index (χ1) is 16.3. The zero-order valence-corrected chi connectivity index (χ0v) is 19.9. The second kappa shape index (κ2) is 8.58. The molecule has 5 aromatic rings. The summed E-state index contributed by atoms with van der Waals surface area (Å²) in [6, 6.07) is 16.8. The lowest BCUT2D eigenvalue weighted by atomic mass is 10.0. The van der Waals surface area contributed by atoms with Gasteiger partial charge >= 0.3 is 0 Å². The number of fused-ring (bicyclic) bond motifs is 3. The first-order valence-electron chi connectivity index (χ1n) is 11.0. The van der Waals surface area contributed by atoms with Gasteiger partial charge in [-0.05, 0) is 30.2 Å². The summed E-state index contributed by atoms with van der Waals surface area (Å²) >= 11 is 0. The van der Waals surface area contributed by atoms with Crippen LogP contribution >= 0.6 is 0 Å². The van der Waals surface area contributed by atoms with Crippen LogP contribution in [0.2, 0.25) is 0 Å². The third kappa shape index (κ3) is 3.93. The predicted molar refractivity (Wildman–Crippen MR) is 131 cm³/mol. The van der Waals surface area contributed by atoms with Gasteiger partial charge in [0.15, 0.2) is 11.5 Å². The zero-order chi connectivity index (χ0) is 23.9. The van der Waals surface area contributed by atoms with E-state index in [0.29, 0.717) is 22.5 Å². The molecule has 8 nitrogen and oxygen atoms in total. The Labute approximate surface area is 197 Å². The highest BCUT2D eigenvalue weighted by Gasteiger charge is 2.21. The summed E-state index contributed by atoms with van der Waals surface area (Å²) < 4.78 is 30.9. The van der Waals surface area contributed by atoms with Gasteiger partial charge in [-0.2, -0.15) is 9.61 Å². The molecule has 2 aromatic carbocycles. The summed E-state index contributed by atoms with van der Waals surface area (Å²) in [4.78, 5) is 4.26. The van der Waals surface area contributed by atoms with E-state index in [-0.39, 0.29) is 17.4 Å². The fraction of sp³-hybridized carbons (Fsp3) is 0.200. The third-order valence-corrected chi connectivity index (χ3v) is 7.29. The summed E-state index contributed by atoms with van der Waals surface area (Å²) in [7, 11) is -3.76. The first kappa shape index (κ1) is 22.1. The normalized spacial score (nSPS) is 12.1. The Morgan fingerprint density at radius 1 is 1.00 bits per heavy atom. The zero-order valence-electron chi connectivity index (χ0n) is 19.1. The van der Waals surface area contributed by atoms with Gasteiger partial charge in [-0.3, -0.25) is 4.98 Å². The molecule has 3 aromatic heterocycles. The molecule has 5 rings (SSSR count). The van der Waals surface area contributed by atoms with E-state index in [1.54, 1.807) is 36.0 Å². The van der Waals surface area contributed by atoms with E-state index in [1.165, 1.54) is 0 Å². The second-order valence-electron chi connectivity index (χ2n) is 8.51. The van der Waals surface area contributed by atoms with Crippen LogP contribution in [0.25, 0.3) is 27.7 Å². The van der Waals surface area contributed by atoms with Crippen molar-refractivity contribution in [2.45, 2.75) is 38.1 Å². The van der Waals surface area contributed by atoms with Gasteiger partial charge in [0.05, 0.1) is 10.6 Å². The highest BCUT2D eigenvalue weighted by Crippen LogP contribution is 2.32. The summed E-state index contributed by atoms with van der Waals surface area (Å²) in [5.74, 6) is 0.877. The number of hydrogen-bond donors (Lipinski definition) is 1. The Bertz CT molecular complexity index is 1610. The van der Waals surface area contributed by atoms with Crippen molar-refractivity contribution in [2.24, 2.45) is 0 Å². The summed E-state index contributed by atoms with van der Waals surface area (Å²) in [5.41, 5.74) is 3.50. The Kier molecular flexibility index (Phi) is 5.59. The van der Waals surface area contributed by atoms with Crippen molar-refractivity contribution in [3.8, 4) is 11.3 Å². The summed E-state index contributed by atoms with van der Waals surface area (Å²) in [6.45, 7) is 6.02. The second-order valence-corrected chi connectivity index (χ2v) is 10.2. The molecule has 0 aliphatic carbocycles. The molecule has 3 heterocycles. The third-order valence-electron chi connectivity index (χ3n) is 5.74. The molecule has 0 spiro atoms. The van der Waals surface area contributed by atoms with E-state index in [9.17, 15) is 8.42 Å². The minimum Gasteiger partial charge on any atom is -0.264 e. The molecule has 0 aliphatic heterocycles. The number of aryl methyl sites for hydroxylation is 1. The highest BCUT2D eigenvalue weighted by molar-refractivity contribution is 7.89. The molecule has 0 radical (unpaired) electrons. The highest BCUT2D eigenvalue weighted by atomic mass is 32.2. The summed E-state index contributed by atoms with van der Waals surface area (Å²) in [6.07, 6.45) is 3.29. The maximum absolute atomic E-state index is 13.2. The topological polar surface area (TPSA) is 102 Å². The summed E-state index contributed by atoms with van der Waals surface area (Å²) in [5, 5.41) is 15.4. The van der Waals surface area contributed by atoms with Gasteiger partial charge in [0.2, 0.25) is 10.0 Å². The van der Waals surface area contributed by atoms with Crippen molar-refractivity contribution < 1.29 is 8.42 Å². The molecule has 0 atom stereocenters. The molecule has 172 valence electrons. The lowest BCUT2D eigenvalue weighted by molar-refractivity contribution is 0.580. The number of sulfonamides is 1. The van der Waals surface area contributed by atoms with E-state index in [2.05, 4.69) is 19.9 Å². The maximum Gasteiger partial charge on any atom is 0.241 e. The molecule has 0 saturated heterocycles. The van der Waals surface area contributed by atoms with E-state index in [0.717, 1.165) is 22.2 Å². The Morgan fingerprint density at radius 2 is 1.79 bits per heavy atom. The quantitative estimate of drug-likeness (QED) is 0.396.